The first-order chi connectivity index (χ1) is 24.1. The lowest BCUT2D eigenvalue weighted by atomic mass is 9.77. The number of halogens is 2. The Balaban J connectivity index is 1.12. The molecular formula is C38H38Cl2N6O4. The van der Waals surface area contributed by atoms with Gasteiger partial charge in [0.25, 0.3) is 5.56 Å². The van der Waals surface area contributed by atoms with E-state index in [1.165, 1.54) is 10.5 Å². The third kappa shape index (κ3) is 7.12. The van der Waals surface area contributed by atoms with Gasteiger partial charge in [0.2, 0.25) is 11.8 Å². The number of fused-ring (bicyclic) bond motifs is 1. The van der Waals surface area contributed by atoms with Crippen molar-refractivity contribution in [3.05, 3.63) is 105 Å². The van der Waals surface area contributed by atoms with Crippen LogP contribution in [0.3, 0.4) is 0 Å². The minimum Gasteiger partial charge on any atom is -0.481 e. The van der Waals surface area contributed by atoms with Crippen LogP contribution in [0.4, 0.5) is 0 Å². The molecule has 4 heterocycles. The second-order valence-corrected chi connectivity index (χ2v) is 14.1. The van der Waals surface area contributed by atoms with E-state index in [0.29, 0.717) is 71.9 Å². The number of carbonyl (C=O) groups is 1. The van der Waals surface area contributed by atoms with E-state index in [4.69, 9.17) is 32.9 Å². The van der Waals surface area contributed by atoms with Crippen molar-refractivity contribution in [2.75, 3.05) is 13.7 Å². The average Bonchev–Trinajstić information content (AvgIpc) is 3.51. The van der Waals surface area contributed by atoms with Gasteiger partial charge < -0.3 is 25.8 Å². The van der Waals surface area contributed by atoms with Crippen molar-refractivity contribution in [1.82, 2.24) is 30.3 Å². The van der Waals surface area contributed by atoms with E-state index in [1.807, 2.05) is 67.6 Å². The maximum Gasteiger partial charge on any atom is 0.258 e. The van der Waals surface area contributed by atoms with Gasteiger partial charge in [-0.25, -0.2) is 9.97 Å². The van der Waals surface area contributed by atoms with Crippen molar-refractivity contribution in [2.45, 2.75) is 63.4 Å². The van der Waals surface area contributed by atoms with Gasteiger partial charge >= 0.3 is 0 Å². The normalized spacial score (nSPS) is 20.1. The maximum absolute atomic E-state index is 13.2. The molecule has 3 aromatic heterocycles. The number of pyridine rings is 2. The van der Waals surface area contributed by atoms with Crippen LogP contribution in [0.15, 0.2) is 77.7 Å². The summed E-state index contributed by atoms with van der Waals surface area (Å²) >= 11 is 14.2. The van der Waals surface area contributed by atoms with Gasteiger partial charge in [-0.3, -0.25) is 14.0 Å². The number of nitrogens with one attached hydrogen (secondary N) is 3. The maximum atomic E-state index is 13.2. The number of aromatic nitrogens is 3. The molecule has 1 aliphatic heterocycles. The van der Waals surface area contributed by atoms with Gasteiger partial charge in [0, 0.05) is 83.8 Å². The van der Waals surface area contributed by atoms with Crippen molar-refractivity contribution in [3.63, 3.8) is 0 Å². The Hall–Kier alpha value is -4.32. The van der Waals surface area contributed by atoms with Crippen molar-refractivity contribution >= 4 is 34.8 Å². The molecule has 1 saturated carbocycles. The number of methoxy groups -OCH3 is 1. The Morgan fingerprint density at radius 2 is 1.68 bits per heavy atom. The largest absolute Gasteiger partial charge is 0.481 e. The molecule has 0 radical (unpaired) electrons. The molecule has 1 amide bonds. The molecule has 0 unspecified atom stereocenters. The van der Waals surface area contributed by atoms with Crippen LogP contribution in [0.25, 0.3) is 39.2 Å². The highest BCUT2D eigenvalue weighted by Gasteiger charge is 2.37. The lowest BCUT2D eigenvalue weighted by Gasteiger charge is -2.41. The fourth-order valence-electron chi connectivity index (χ4n) is 6.84. The van der Waals surface area contributed by atoms with Gasteiger partial charge in [-0.2, -0.15) is 0 Å². The number of benzene rings is 2. The van der Waals surface area contributed by atoms with Gasteiger partial charge in [-0.1, -0.05) is 65.7 Å². The van der Waals surface area contributed by atoms with Crippen LogP contribution in [0.1, 0.15) is 43.9 Å². The number of aliphatic hydroxyl groups is 1. The molecule has 2 fully saturated rings. The van der Waals surface area contributed by atoms with Crippen LogP contribution in [0.5, 0.6) is 5.88 Å². The number of rotatable bonds is 11. The van der Waals surface area contributed by atoms with Crippen LogP contribution < -0.4 is 26.2 Å². The Bertz CT molecular complexity index is 2140. The number of amides is 1. The zero-order valence-electron chi connectivity index (χ0n) is 27.8. The van der Waals surface area contributed by atoms with Gasteiger partial charge in [0.05, 0.1) is 34.1 Å². The summed E-state index contributed by atoms with van der Waals surface area (Å²) in [5.41, 5.74) is 5.64. The van der Waals surface area contributed by atoms with E-state index in [-0.39, 0.29) is 23.6 Å². The average molecular weight is 714 g/mol. The summed E-state index contributed by atoms with van der Waals surface area (Å²) < 4.78 is 7.16. The molecule has 1 saturated heterocycles. The predicted octanol–water partition coefficient (Wildman–Crippen LogP) is 5.78. The summed E-state index contributed by atoms with van der Waals surface area (Å²) in [7, 11) is 1.59. The van der Waals surface area contributed by atoms with Crippen LogP contribution in [-0.4, -0.2) is 56.7 Å². The second kappa shape index (κ2) is 14.1. The highest BCUT2D eigenvalue weighted by Crippen LogP contribution is 2.42. The van der Waals surface area contributed by atoms with Gasteiger partial charge in [-0.15, -0.1) is 0 Å². The quantitative estimate of drug-likeness (QED) is 0.136. The van der Waals surface area contributed by atoms with E-state index in [1.54, 1.807) is 13.3 Å². The van der Waals surface area contributed by atoms with Crippen LogP contribution >= 0.6 is 23.2 Å². The van der Waals surface area contributed by atoms with Crippen LogP contribution in [-0.2, 0) is 17.9 Å². The van der Waals surface area contributed by atoms with E-state index >= 15 is 0 Å². The number of carbonyl (C=O) groups excluding carboxylic acids is 1. The molecule has 2 aromatic carbocycles. The monoisotopic (exact) mass is 712 g/mol. The molecule has 50 heavy (non-hydrogen) atoms. The lowest BCUT2D eigenvalue weighted by molar-refractivity contribution is -0.119. The van der Waals surface area contributed by atoms with Gasteiger partial charge in [0.15, 0.2) is 0 Å². The summed E-state index contributed by atoms with van der Waals surface area (Å²) in [5, 5.41) is 20.7. The Labute approximate surface area is 299 Å². The Kier molecular flexibility index (Phi) is 9.65. The van der Waals surface area contributed by atoms with Gasteiger partial charge in [0.1, 0.15) is 5.65 Å². The molecule has 5 aromatic rings. The molecular weight excluding hydrogens is 675 g/mol. The summed E-state index contributed by atoms with van der Waals surface area (Å²) in [4.78, 5) is 34.1. The minimum absolute atomic E-state index is 0.0930. The zero-order valence-corrected chi connectivity index (χ0v) is 29.3. The SMILES string of the molecule is COc1nc(-c2cccc(-c3cccc(-c4ccc5nc(CN[C@H]6C[C@](C)(O)C6)cc(=O)n5c4)c3Cl)c2Cl)ccc1CNC[C@@H]1CCC(=O)N1. The lowest BCUT2D eigenvalue weighted by Crippen LogP contribution is -2.51. The standard InChI is InChI=1S/C38H38Cl2N6O4/c1-38(49)16-26(17-38)42-20-25-15-34(48)46-21-23(10-13-32(46)43-25)27-5-3-6-28(35(27)39)29-7-4-8-30(36(29)40)31-12-9-22(37(45-31)50-2)18-41-19-24-11-14-33(47)44-24/h3-10,12-13,15,21,24,26,41-42,49H,11,14,16-20H2,1-2H3,(H,44,47)/t24-,26-,38-/m0/s1. The summed E-state index contributed by atoms with van der Waals surface area (Å²) in [6.07, 6.45) is 4.51. The van der Waals surface area contributed by atoms with Crippen molar-refractivity contribution in [3.8, 4) is 39.4 Å². The second-order valence-electron chi connectivity index (χ2n) is 13.3. The first kappa shape index (κ1) is 34.1. The summed E-state index contributed by atoms with van der Waals surface area (Å²) in [5.74, 6) is 0.583. The third-order valence-corrected chi connectivity index (χ3v) is 10.3. The zero-order chi connectivity index (χ0) is 35.0. The summed E-state index contributed by atoms with van der Waals surface area (Å²) in [6.45, 7) is 3.49. The number of nitrogens with zero attached hydrogens (tertiary/aromatic N) is 3. The highest BCUT2D eigenvalue weighted by molar-refractivity contribution is 6.39. The first-order valence-corrected chi connectivity index (χ1v) is 17.4. The molecule has 7 rings (SSSR count). The molecule has 0 spiro atoms. The molecule has 258 valence electrons. The van der Waals surface area contributed by atoms with E-state index in [9.17, 15) is 14.7 Å². The van der Waals surface area contributed by atoms with Crippen LogP contribution in [0, 0.1) is 0 Å². The van der Waals surface area contributed by atoms with Gasteiger partial charge in [-0.05, 0) is 44.4 Å². The molecule has 4 N–H and O–H groups in total. The molecule has 12 heteroatoms. The predicted molar refractivity (Wildman–Crippen MR) is 195 cm³/mol. The number of ether oxygens (including phenoxy) is 1. The molecule has 1 aliphatic carbocycles. The fourth-order valence-corrected chi connectivity index (χ4v) is 7.50. The molecule has 0 bridgehead atoms. The van der Waals surface area contributed by atoms with E-state index in [2.05, 4.69) is 20.9 Å². The Morgan fingerprint density at radius 1 is 0.960 bits per heavy atom. The minimum atomic E-state index is -0.620. The molecule has 10 nitrogen and oxygen atoms in total. The van der Waals surface area contributed by atoms with Crippen molar-refractivity contribution in [2.24, 2.45) is 0 Å². The highest BCUT2D eigenvalue weighted by atomic mass is 35.5. The third-order valence-electron chi connectivity index (χ3n) is 9.45. The fraction of sp³-hybridized carbons (Fsp3) is 0.316. The number of hydrogen-bond acceptors (Lipinski definition) is 8. The first-order valence-electron chi connectivity index (χ1n) is 16.7. The van der Waals surface area contributed by atoms with E-state index in [0.717, 1.165) is 39.8 Å². The summed E-state index contributed by atoms with van der Waals surface area (Å²) in [6, 6.07) is 21.0. The molecule has 1 atom stereocenters. The smallest absolute Gasteiger partial charge is 0.258 e. The van der Waals surface area contributed by atoms with E-state index < -0.39 is 5.60 Å². The molecule has 2 aliphatic rings. The topological polar surface area (TPSA) is 130 Å². The Morgan fingerprint density at radius 3 is 2.38 bits per heavy atom. The van der Waals surface area contributed by atoms with Crippen LogP contribution in [0.2, 0.25) is 10.0 Å². The van der Waals surface area contributed by atoms with Crippen molar-refractivity contribution in [1.29, 1.82) is 0 Å². The number of hydrogen-bond donors (Lipinski definition) is 4. The van der Waals surface area contributed by atoms with Crippen molar-refractivity contribution < 1.29 is 14.6 Å².